The van der Waals surface area contributed by atoms with E-state index in [0.717, 1.165) is 6.42 Å². The number of hydrogen-bond acceptors (Lipinski definition) is 3. The second-order valence-electron chi connectivity index (χ2n) is 4.10. The van der Waals surface area contributed by atoms with E-state index in [9.17, 15) is 13.2 Å². The van der Waals surface area contributed by atoms with Crippen molar-refractivity contribution in [2.75, 3.05) is 20.6 Å². The van der Waals surface area contributed by atoms with Crippen LogP contribution in [0.15, 0.2) is 0 Å². The summed E-state index contributed by atoms with van der Waals surface area (Å²) in [4.78, 5) is 14.5. The van der Waals surface area contributed by atoms with Crippen LogP contribution in [0, 0.1) is 0 Å². The van der Waals surface area contributed by atoms with Gasteiger partial charge in [0.2, 0.25) is 0 Å². The molecule has 2 aliphatic rings. The summed E-state index contributed by atoms with van der Waals surface area (Å²) in [6.07, 6.45) is -0.188. The molecule has 2 heterocycles. The number of urea groups is 1. The maximum atomic E-state index is 11.8. The minimum absolute atomic E-state index is 0.168. The molecule has 2 rings (SSSR count). The van der Waals surface area contributed by atoms with Gasteiger partial charge in [0, 0.05) is 20.6 Å². The molecule has 0 radical (unpaired) electrons. The van der Waals surface area contributed by atoms with Crippen molar-refractivity contribution < 1.29 is 13.2 Å². The zero-order valence-electron chi connectivity index (χ0n) is 9.54. The van der Waals surface area contributed by atoms with Gasteiger partial charge in [-0.05, 0) is 6.42 Å². The minimum atomic E-state index is -3.45. The van der Waals surface area contributed by atoms with Crippen molar-refractivity contribution in [3.63, 3.8) is 0 Å². The van der Waals surface area contributed by atoms with E-state index in [1.807, 2.05) is 6.92 Å². The fraction of sp³-hybridized carbons (Fsp3) is 0.875. The number of amides is 2. The number of nitrogens with zero attached hydrogens (tertiary/aromatic N) is 3. The summed E-state index contributed by atoms with van der Waals surface area (Å²) in [7, 11) is -0.232. The first-order valence-corrected chi connectivity index (χ1v) is 6.63. The van der Waals surface area contributed by atoms with Gasteiger partial charge in [0.05, 0.1) is 0 Å². The van der Waals surface area contributed by atoms with Gasteiger partial charge in [-0.1, -0.05) is 6.92 Å². The van der Waals surface area contributed by atoms with E-state index < -0.39 is 22.5 Å². The summed E-state index contributed by atoms with van der Waals surface area (Å²) in [5.41, 5.74) is 0. The molecular weight excluding hydrogens is 232 g/mol. The normalized spacial score (nSPS) is 33.6. The number of likely N-dealkylation sites (N-methyl/N-ethyl adjacent to an activating group) is 2. The molecule has 16 heavy (non-hydrogen) atoms. The lowest BCUT2D eigenvalue weighted by Gasteiger charge is -2.24. The second kappa shape index (κ2) is 3.57. The van der Waals surface area contributed by atoms with Crippen molar-refractivity contribution >= 4 is 16.2 Å². The standard InChI is InChI=1S/C8H16N4O3S/c1-4-5-12-7-6(9-16(12,14)15)10(2)8(13)11(7)3/h6-7,9H,4-5H2,1-3H3/t6-,7+/m1/s1. The monoisotopic (exact) mass is 248 g/mol. The average molecular weight is 248 g/mol. The maximum Gasteiger partial charge on any atom is 0.322 e. The van der Waals surface area contributed by atoms with Gasteiger partial charge in [0.1, 0.15) is 12.3 Å². The van der Waals surface area contributed by atoms with Gasteiger partial charge < -0.3 is 9.80 Å². The Hall–Kier alpha value is -0.860. The lowest BCUT2D eigenvalue weighted by atomic mass is 10.3. The van der Waals surface area contributed by atoms with E-state index in [4.69, 9.17) is 0 Å². The molecule has 92 valence electrons. The quantitative estimate of drug-likeness (QED) is 0.695. The van der Waals surface area contributed by atoms with Crippen LogP contribution in [0.5, 0.6) is 0 Å². The third-order valence-corrected chi connectivity index (χ3v) is 4.57. The molecule has 8 heteroatoms. The van der Waals surface area contributed by atoms with Crippen LogP contribution in [0.3, 0.4) is 0 Å². The van der Waals surface area contributed by atoms with E-state index in [2.05, 4.69) is 4.72 Å². The fourth-order valence-electron chi connectivity index (χ4n) is 2.22. The van der Waals surface area contributed by atoms with Crippen LogP contribution in [0.25, 0.3) is 0 Å². The van der Waals surface area contributed by atoms with E-state index in [1.165, 1.54) is 14.1 Å². The Morgan fingerprint density at radius 2 is 1.94 bits per heavy atom. The number of rotatable bonds is 2. The van der Waals surface area contributed by atoms with E-state index in [0.29, 0.717) is 6.54 Å². The first-order chi connectivity index (χ1) is 7.40. The molecule has 0 aromatic heterocycles. The van der Waals surface area contributed by atoms with Crippen molar-refractivity contribution in [2.24, 2.45) is 0 Å². The predicted molar refractivity (Wildman–Crippen MR) is 57.6 cm³/mol. The molecule has 0 aromatic rings. The van der Waals surface area contributed by atoms with Gasteiger partial charge >= 0.3 is 6.03 Å². The molecule has 0 saturated carbocycles. The van der Waals surface area contributed by atoms with E-state index in [1.54, 1.807) is 14.1 Å². The van der Waals surface area contributed by atoms with E-state index in [-0.39, 0.29) is 6.03 Å². The minimum Gasteiger partial charge on any atom is -0.308 e. The molecule has 2 fully saturated rings. The highest BCUT2D eigenvalue weighted by molar-refractivity contribution is 7.87. The van der Waals surface area contributed by atoms with Crippen LogP contribution >= 0.6 is 0 Å². The lowest BCUT2D eigenvalue weighted by Crippen LogP contribution is -2.44. The molecule has 0 spiro atoms. The Bertz CT molecular complexity index is 410. The second-order valence-corrected chi connectivity index (χ2v) is 5.75. The maximum absolute atomic E-state index is 11.8. The van der Waals surface area contributed by atoms with Crippen LogP contribution in [0.4, 0.5) is 4.79 Å². The van der Waals surface area contributed by atoms with Crippen molar-refractivity contribution in [2.45, 2.75) is 25.7 Å². The van der Waals surface area contributed by atoms with Gasteiger partial charge in [0.15, 0.2) is 0 Å². The van der Waals surface area contributed by atoms with E-state index >= 15 is 0 Å². The highest BCUT2D eigenvalue weighted by atomic mass is 32.2. The summed E-state index contributed by atoms with van der Waals surface area (Å²) in [5, 5.41) is 0. The first-order valence-electron chi connectivity index (χ1n) is 5.19. The van der Waals surface area contributed by atoms with Crippen LogP contribution in [0.2, 0.25) is 0 Å². The van der Waals surface area contributed by atoms with Crippen molar-refractivity contribution in [3.05, 3.63) is 0 Å². The zero-order valence-corrected chi connectivity index (χ0v) is 10.4. The molecular formula is C8H16N4O3S. The lowest BCUT2D eigenvalue weighted by molar-refractivity contribution is 0.174. The number of hydrogen-bond donors (Lipinski definition) is 1. The molecule has 0 aromatic carbocycles. The van der Waals surface area contributed by atoms with Gasteiger partial charge in [-0.2, -0.15) is 17.4 Å². The summed E-state index contributed by atoms with van der Waals surface area (Å²) in [6, 6.07) is -0.168. The molecule has 2 aliphatic heterocycles. The summed E-state index contributed by atoms with van der Waals surface area (Å²) >= 11 is 0. The summed E-state index contributed by atoms with van der Waals surface area (Å²) in [6.45, 7) is 2.32. The highest BCUT2D eigenvalue weighted by Crippen LogP contribution is 2.29. The third kappa shape index (κ3) is 1.40. The third-order valence-electron chi connectivity index (χ3n) is 3.02. The first kappa shape index (κ1) is 11.6. The van der Waals surface area contributed by atoms with Gasteiger partial charge in [0.25, 0.3) is 10.2 Å². The number of fused-ring (bicyclic) bond motifs is 1. The number of carbonyl (C=O) groups is 1. The van der Waals surface area contributed by atoms with Gasteiger partial charge in [-0.15, -0.1) is 0 Å². The predicted octanol–water partition coefficient (Wildman–Crippen LogP) is -0.804. The molecule has 2 saturated heterocycles. The van der Waals surface area contributed by atoms with Crippen molar-refractivity contribution in [3.8, 4) is 0 Å². The van der Waals surface area contributed by atoms with Crippen LogP contribution in [-0.2, 0) is 10.2 Å². The van der Waals surface area contributed by atoms with Gasteiger partial charge in [-0.25, -0.2) is 4.79 Å². The Balaban J connectivity index is 2.36. The van der Waals surface area contributed by atoms with Crippen LogP contribution in [0.1, 0.15) is 13.3 Å². The Morgan fingerprint density at radius 1 is 1.31 bits per heavy atom. The average Bonchev–Trinajstić information content (AvgIpc) is 2.58. The van der Waals surface area contributed by atoms with Crippen LogP contribution in [-0.4, -0.2) is 61.5 Å². The van der Waals surface area contributed by atoms with Gasteiger partial charge in [-0.3, -0.25) is 0 Å². The smallest absolute Gasteiger partial charge is 0.308 e. The number of carbonyl (C=O) groups excluding carboxylic acids is 1. The molecule has 1 N–H and O–H groups in total. The summed E-state index contributed by atoms with van der Waals surface area (Å²) in [5.74, 6) is 0. The molecule has 2 amide bonds. The highest BCUT2D eigenvalue weighted by Gasteiger charge is 2.55. The molecule has 2 atom stereocenters. The topological polar surface area (TPSA) is 73.0 Å². The largest absolute Gasteiger partial charge is 0.322 e. The SMILES string of the molecule is CCCN1[C@H]2[C@H](NS1(=O)=O)N(C)C(=O)N2C. The Kier molecular flexibility index (Phi) is 2.59. The molecule has 7 nitrogen and oxygen atoms in total. The molecule has 0 aliphatic carbocycles. The summed E-state index contributed by atoms with van der Waals surface area (Å²) < 4.78 is 27.5. The molecule has 0 unspecified atom stereocenters. The van der Waals surface area contributed by atoms with Crippen molar-refractivity contribution in [1.82, 2.24) is 18.8 Å². The molecule has 0 bridgehead atoms. The zero-order chi connectivity index (χ0) is 12.1. The Labute approximate surface area is 95.2 Å². The van der Waals surface area contributed by atoms with Crippen molar-refractivity contribution in [1.29, 1.82) is 0 Å². The van der Waals surface area contributed by atoms with Crippen LogP contribution < -0.4 is 4.72 Å². The fourth-order valence-corrected chi connectivity index (χ4v) is 3.90. The number of nitrogens with one attached hydrogen (secondary N) is 1. The Morgan fingerprint density at radius 3 is 2.50 bits per heavy atom.